The van der Waals surface area contributed by atoms with Crippen molar-refractivity contribution in [2.75, 3.05) is 46.6 Å². The van der Waals surface area contributed by atoms with E-state index < -0.39 is 12.2 Å². The molecule has 0 spiro atoms. The van der Waals surface area contributed by atoms with E-state index in [2.05, 4.69) is 4.90 Å². The third-order valence-electron chi connectivity index (χ3n) is 2.53. The maximum absolute atomic E-state index is 9.30. The molecule has 5 nitrogen and oxygen atoms in total. The number of nitrogens with zero attached hydrogens (tertiary/aromatic N) is 1. The van der Waals surface area contributed by atoms with Crippen LogP contribution in [-0.4, -0.2) is 73.9 Å². The smallest absolute Gasteiger partial charge is 0.0938 e. The minimum absolute atomic E-state index is 0.569. The molecule has 15 heavy (non-hydrogen) atoms. The van der Waals surface area contributed by atoms with Crippen LogP contribution in [0.4, 0.5) is 0 Å². The van der Waals surface area contributed by atoms with Crippen LogP contribution in [0.2, 0.25) is 0 Å². The van der Waals surface area contributed by atoms with E-state index in [4.69, 9.17) is 9.47 Å². The third-order valence-corrected chi connectivity index (χ3v) is 2.53. The monoisotopic (exact) mass is 219 g/mol. The zero-order valence-corrected chi connectivity index (χ0v) is 9.26. The molecule has 2 unspecified atom stereocenters. The molecule has 1 aliphatic rings. The van der Waals surface area contributed by atoms with E-state index in [-0.39, 0.29) is 0 Å². The van der Waals surface area contributed by atoms with E-state index in [1.807, 2.05) is 0 Å². The van der Waals surface area contributed by atoms with Crippen LogP contribution in [0.5, 0.6) is 0 Å². The van der Waals surface area contributed by atoms with E-state index in [0.29, 0.717) is 32.9 Å². The predicted octanol–water partition coefficient (Wildman–Crippen LogP) is -0.923. The van der Waals surface area contributed by atoms with Crippen LogP contribution in [0.1, 0.15) is 6.42 Å². The lowest BCUT2D eigenvalue weighted by molar-refractivity contribution is 0.0572. The van der Waals surface area contributed by atoms with Crippen molar-refractivity contribution < 1.29 is 19.7 Å². The molecule has 0 aliphatic carbocycles. The van der Waals surface area contributed by atoms with Crippen molar-refractivity contribution in [2.24, 2.45) is 0 Å². The molecular weight excluding hydrogens is 198 g/mol. The summed E-state index contributed by atoms with van der Waals surface area (Å²) < 4.78 is 10.2. The van der Waals surface area contributed by atoms with Gasteiger partial charge >= 0.3 is 0 Å². The zero-order valence-electron chi connectivity index (χ0n) is 9.26. The summed E-state index contributed by atoms with van der Waals surface area (Å²) in [6.45, 7) is 3.95. The van der Waals surface area contributed by atoms with Crippen LogP contribution in [0, 0.1) is 0 Å². The summed E-state index contributed by atoms with van der Waals surface area (Å²) in [7, 11) is 1.65. The topological polar surface area (TPSA) is 62.2 Å². The molecule has 0 aromatic heterocycles. The minimum atomic E-state index is -0.584. The van der Waals surface area contributed by atoms with Crippen molar-refractivity contribution in [2.45, 2.75) is 18.6 Å². The van der Waals surface area contributed by atoms with Crippen LogP contribution in [0.3, 0.4) is 0 Å². The SMILES string of the molecule is COCCOCCCN1CC(O)C(O)C1. The van der Waals surface area contributed by atoms with Crippen molar-refractivity contribution in [3.63, 3.8) is 0 Å². The Balaban J connectivity index is 1.92. The highest BCUT2D eigenvalue weighted by molar-refractivity contribution is 4.82. The summed E-state index contributed by atoms with van der Waals surface area (Å²) in [5.74, 6) is 0. The highest BCUT2D eigenvalue weighted by Crippen LogP contribution is 2.09. The fraction of sp³-hybridized carbons (Fsp3) is 1.00. The molecule has 0 aromatic carbocycles. The Morgan fingerprint density at radius 3 is 2.40 bits per heavy atom. The number of ether oxygens (including phenoxy) is 2. The van der Waals surface area contributed by atoms with Crippen molar-refractivity contribution in [1.82, 2.24) is 4.90 Å². The first-order valence-corrected chi connectivity index (χ1v) is 5.39. The number of aliphatic hydroxyl groups excluding tert-OH is 2. The summed E-state index contributed by atoms with van der Waals surface area (Å²) >= 11 is 0. The molecule has 1 fully saturated rings. The van der Waals surface area contributed by atoms with Gasteiger partial charge in [-0.2, -0.15) is 0 Å². The molecule has 0 bridgehead atoms. The van der Waals surface area contributed by atoms with E-state index in [9.17, 15) is 10.2 Å². The van der Waals surface area contributed by atoms with Gasteiger partial charge in [0, 0.05) is 33.4 Å². The lowest BCUT2D eigenvalue weighted by Crippen LogP contribution is -2.24. The zero-order chi connectivity index (χ0) is 11.1. The number of hydrogen-bond acceptors (Lipinski definition) is 5. The Hall–Kier alpha value is -0.200. The number of aliphatic hydroxyl groups is 2. The molecule has 1 heterocycles. The van der Waals surface area contributed by atoms with E-state index >= 15 is 0 Å². The van der Waals surface area contributed by atoms with Gasteiger partial charge in [0.25, 0.3) is 0 Å². The summed E-state index contributed by atoms with van der Waals surface area (Å²) in [4.78, 5) is 2.05. The maximum Gasteiger partial charge on any atom is 0.0938 e. The van der Waals surface area contributed by atoms with E-state index in [1.165, 1.54) is 0 Å². The Morgan fingerprint density at radius 2 is 1.80 bits per heavy atom. The van der Waals surface area contributed by atoms with E-state index in [0.717, 1.165) is 13.0 Å². The quantitative estimate of drug-likeness (QED) is 0.542. The molecular formula is C10H21NO4. The second-order valence-corrected chi connectivity index (χ2v) is 3.85. The van der Waals surface area contributed by atoms with Crippen molar-refractivity contribution in [3.05, 3.63) is 0 Å². The first-order valence-electron chi connectivity index (χ1n) is 5.39. The van der Waals surface area contributed by atoms with Gasteiger partial charge in [-0.1, -0.05) is 0 Å². The van der Waals surface area contributed by atoms with Crippen LogP contribution < -0.4 is 0 Å². The number of β-amino-alcohol motifs (C(OH)–C–C–N with tert-alkyl or cyclic N) is 2. The second-order valence-electron chi connectivity index (χ2n) is 3.85. The number of rotatable bonds is 7. The van der Waals surface area contributed by atoms with Gasteiger partial charge in [0.1, 0.15) is 0 Å². The number of methoxy groups -OCH3 is 1. The van der Waals surface area contributed by atoms with Crippen LogP contribution in [0.15, 0.2) is 0 Å². The van der Waals surface area contributed by atoms with Gasteiger partial charge in [0.2, 0.25) is 0 Å². The fourth-order valence-corrected chi connectivity index (χ4v) is 1.66. The summed E-state index contributed by atoms with van der Waals surface area (Å²) in [6, 6.07) is 0. The third kappa shape index (κ3) is 4.90. The average Bonchev–Trinajstić information content (AvgIpc) is 2.52. The molecule has 1 rings (SSSR count). The van der Waals surface area contributed by atoms with Crippen LogP contribution in [-0.2, 0) is 9.47 Å². The molecule has 2 atom stereocenters. The summed E-state index contributed by atoms with van der Waals surface area (Å²) in [6.07, 6.45) is -0.248. The molecule has 0 saturated carbocycles. The van der Waals surface area contributed by atoms with Gasteiger partial charge in [0.05, 0.1) is 25.4 Å². The number of likely N-dealkylation sites (tertiary alicyclic amines) is 1. The van der Waals surface area contributed by atoms with Gasteiger partial charge in [-0.25, -0.2) is 0 Å². The molecule has 2 N–H and O–H groups in total. The van der Waals surface area contributed by atoms with Crippen LogP contribution in [0.25, 0.3) is 0 Å². The average molecular weight is 219 g/mol. The predicted molar refractivity (Wildman–Crippen MR) is 55.8 cm³/mol. The van der Waals surface area contributed by atoms with Gasteiger partial charge in [-0.15, -0.1) is 0 Å². The van der Waals surface area contributed by atoms with Crippen molar-refractivity contribution >= 4 is 0 Å². The highest BCUT2D eigenvalue weighted by Gasteiger charge is 2.28. The molecule has 0 aromatic rings. The molecule has 90 valence electrons. The lowest BCUT2D eigenvalue weighted by Gasteiger charge is -2.14. The van der Waals surface area contributed by atoms with Gasteiger partial charge in [0.15, 0.2) is 0 Å². The Labute approximate surface area is 90.6 Å². The molecule has 0 radical (unpaired) electrons. The standard InChI is InChI=1S/C10H21NO4/c1-14-5-6-15-4-2-3-11-7-9(12)10(13)8-11/h9-10,12-13H,2-8H2,1H3. The van der Waals surface area contributed by atoms with Crippen molar-refractivity contribution in [3.8, 4) is 0 Å². The van der Waals surface area contributed by atoms with Crippen molar-refractivity contribution in [1.29, 1.82) is 0 Å². The molecule has 0 amide bonds. The van der Waals surface area contributed by atoms with Gasteiger partial charge < -0.3 is 19.7 Å². The largest absolute Gasteiger partial charge is 0.389 e. The van der Waals surface area contributed by atoms with E-state index in [1.54, 1.807) is 7.11 Å². The molecule has 1 saturated heterocycles. The van der Waals surface area contributed by atoms with Gasteiger partial charge in [-0.05, 0) is 6.42 Å². The molecule has 5 heteroatoms. The minimum Gasteiger partial charge on any atom is -0.389 e. The summed E-state index contributed by atoms with van der Waals surface area (Å²) in [5.41, 5.74) is 0. The summed E-state index contributed by atoms with van der Waals surface area (Å²) in [5, 5.41) is 18.6. The first kappa shape index (κ1) is 12.9. The normalized spacial score (nSPS) is 27.4. The Kier molecular flexibility index (Phi) is 6.12. The van der Waals surface area contributed by atoms with Gasteiger partial charge in [-0.3, -0.25) is 4.90 Å². The fourth-order valence-electron chi connectivity index (χ4n) is 1.66. The number of hydrogen-bond donors (Lipinski definition) is 2. The van der Waals surface area contributed by atoms with Crippen LogP contribution >= 0.6 is 0 Å². The molecule has 1 aliphatic heterocycles. The first-order chi connectivity index (χ1) is 7.24. The Bertz CT molecular complexity index is 158. The lowest BCUT2D eigenvalue weighted by atomic mass is 10.3. The maximum atomic E-state index is 9.30. The Morgan fingerprint density at radius 1 is 1.13 bits per heavy atom. The highest BCUT2D eigenvalue weighted by atomic mass is 16.5. The second kappa shape index (κ2) is 7.14.